The second-order valence-corrected chi connectivity index (χ2v) is 7.60. The number of carboxylic acids is 1. The van der Waals surface area contributed by atoms with Crippen molar-refractivity contribution >= 4 is 33.0 Å². The fourth-order valence-corrected chi connectivity index (χ4v) is 3.95. The minimum atomic E-state index is -1.06. The predicted octanol–water partition coefficient (Wildman–Crippen LogP) is 4.60. The molecule has 0 aliphatic heterocycles. The van der Waals surface area contributed by atoms with E-state index in [2.05, 4.69) is 4.98 Å². The van der Waals surface area contributed by atoms with Crippen molar-refractivity contribution in [1.29, 1.82) is 0 Å². The van der Waals surface area contributed by atoms with Gasteiger partial charge in [0.25, 0.3) is 0 Å². The molecule has 1 aromatic heterocycles. The molecule has 3 aromatic carbocycles. The number of carboxylic acid groups (broad SMARTS) is 1. The zero-order valence-electron chi connectivity index (χ0n) is 16.7. The molecule has 31 heavy (non-hydrogen) atoms. The monoisotopic (exact) mass is 429 g/mol. The lowest BCUT2D eigenvalue weighted by Crippen LogP contribution is -2.12. The van der Waals surface area contributed by atoms with E-state index in [1.165, 1.54) is 0 Å². The maximum Gasteiger partial charge on any atom is 0.336 e. The highest BCUT2D eigenvalue weighted by Crippen LogP contribution is 2.22. The van der Waals surface area contributed by atoms with E-state index in [1.807, 2.05) is 36.4 Å². The van der Waals surface area contributed by atoms with E-state index < -0.39 is 5.97 Å². The molecule has 0 aliphatic rings. The molecule has 5 nitrogen and oxygen atoms in total. The van der Waals surface area contributed by atoms with Gasteiger partial charge in [-0.05, 0) is 42.3 Å². The summed E-state index contributed by atoms with van der Waals surface area (Å²) >= 11 is 0.276. The summed E-state index contributed by atoms with van der Waals surface area (Å²) in [5.41, 5.74) is 3.44. The van der Waals surface area contributed by atoms with Crippen LogP contribution in [0.3, 0.4) is 0 Å². The first-order chi connectivity index (χ1) is 15.1. The summed E-state index contributed by atoms with van der Waals surface area (Å²) in [7, 11) is 0. The highest BCUT2D eigenvalue weighted by molar-refractivity contribution is 7.67. The van der Waals surface area contributed by atoms with Gasteiger partial charge in [0.15, 0.2) is 0 Å². The van der Waals surface area contributed by atoms with Crippen LogP contribution < -0.4 is 4.74 Å². The van der Waals surface area contributed by atoms with E-state index in [4.69, 9.17) is 4.74 Å². The van der Waals surface area contributed by atoms with Crippen LogP contribution in [0, 0.1) is 6.92 Å². The van der Waals surface area contributed by atoms with Crippen molar-refractivity contribution < 1.29 is 18.8 Å². The zero-order valence-corrected chi connectivity index (χ0v) is 17.6. The lowest BCUT2D eigenvalue weighted by molar-refractivity contribution is 0.0696. The molecule has 4 aromatic rings. The maximum absolute atomic E-state index is 12.0. The highest BCUT2D eigenvalue weighted by Gasteiger charge is 2.18. The van der Waals surface area contributed by atoms with Crippen LogP contribution in [-0.2, 0) is 17.9 Å². The third-order valence-electron chi connectivity index (χ3n) is 4.95. The van der Waals surface area contributed by atoms with Crippen LogP contribution in [-0.4, -0.2) is 25.1 Å². The second-order valence-electron chi connectivity index (χ2n) is 7.03. The first-order valence-electron chi connectivity index (χ1n) is 9.65. The number of rotatable bonds is 6. The molecule has 154 valence electrons. The molecule has 0 aliphatic carbocycles. The number of benzene rings is 3. The van der Waals surface area contributed by atoms with Gasteiger partial charge in [0.2, 0.25) is 0 Å². The molecule has 0 atom stereocenters. The number of hydrogen-bond donors (Lipinski definition) is 1. The summed E-state index contributed by atoms with van der Waals surface area (Å²) in [5, 5.41) is 10.7. The Balaban J connectivity index is 1.61. The van der Waals surface area contributed by atoms with Gasteiger partial charge in [-0.1, -0.05) is 54.6 Å². The largest absolute Gasteiger partial charge is 0.487 e. The number of ether oxygens (including phenoxy) is 1. The number of nitrogens with zero attached hydrogens (tertiary/aromatic N) is 1. The Labute approximate surface area is 183 Å². The van der Waals surface area contributed by atoms with Gasteiger partial charge < -0.3 is 9.84 Å². The van der Waals surface area contributed by atoms with E-state index >= 15 is 0 Å². The van der Waals surface area contributed by atoms with Crippen molar-refractivity contribution in [3.05, 3.63) is 107 Å². The fourth-order valence-electron chi connectivity index (χ4n) is 3.46. The molecule has 1 N–H and O–H groups in total. The maximum atomic E-state index is 12.0. The normalized spacial score (nSPS) is 10.6. The molecule has 0 saturated heterocycles. The Kier molecular flexibility index (Phi) is 5.91. The van der Waals surface area contributed by atoms with E-state index in [0.29, 0.717) is 27.3 Å². The first kappa shape index (κ1) is 20.5. The fraction of sp³-hybridized carbons (Fsp3) is 0.0800. The van der Waals surface area contributed by atoms with Gasteiger partial charge >= 0.3 is 5.97 Å². The number of hydrogen-bond acceptors (Lipinski definition) is 4. The van der Waals surface area contributed by atoms with Gasteiger partial charge in [-0.25, -0.2) is 14.0 Å². The van der Waals surface area contributed by atoms with Gasteiger partial charge in [0, 0.05) is 10.9 Å². The molecule has 1 heterocycles. The number of aromatic carboxylic acids is 1. The van der Waals surface area contributed by atoms with E-state index in [9.17, 15) is 14.1 Å². The van der Waals surface area contributed by atoms with Crippen LogP contribution in [0.15, 0.2) is 78.9 Å². The Hall–Kier alpha value is -3.77. The Bertz CT molecular complexity index is 1340. The zero-order chi connectivity index (χ0) is 21.8. The third kappa shape index (κ3) is 4.39. The summed E-state index contributed by atoms with van der Waals surface area (Å²) in [6, 6.07) is 24.0. The van der Waals surface area contributed by atoms with E-state index in [0.717, 1.165) is 16.6 Å². The molecular formula is C25H19NO4S. The minimum Gasteiger partial charge on any atom is -0.487 e. The highest BCUT2D eigenvalue weighted by atomic mass is 32.1. The number of aryl methyl sites for hydroxylation is 1. The molecule has 0 saturated carbocycles. The third-order valence-corrected chi connectivity index (χ3v) is 5.58. The van der Waals surface area contributed by atoms with Crippen LogP contribution in [0.5, 0.6) is 5.75 Å². The van der Waals surface area contributed by atoms with E-state index in [-0.39, 0.29) is 23.4 Å². The molecule has 4 rings (SSSR count). The van der Waals surface area contributed by atoms with Gasteiger partial charge in [0.05, 0.1) is 32.9 Å². The average molecular weight is 429 g/mol. The van der Waals surface area contributed by atoms with Crippen molar-refractivity contribution in [2.75, 3.05) is 0 Å². The summed E-state index contributed by atoms with van der Waals surface area (Å²) in [5.74, 6) is -0.488. The predicted molar refractivity (Wildman–Crippen MR) is 122 cm³/mol. The smallest absolute Gasteiger partial charge is 0.336 e. The summed E-state index contributed by atoms with van der Waals surface area (Å²) in [6.45, 7) is 2.00. The Morgan fingerprint density at radius 2 is 1.81 bits per heavy atom. The van der Waals surface area contributed by atoms with Crippen molar-refractivity contribution in [1.82, 2.24) is 4.98 Å². The Morgan fingerprint density at radius 1 is 1.00 bits per heavy atom. The molecule has 0 bridgehead atoms. The van der Waals surface area contributed by atoms with Gasteiger partial charge in [-0.15, -0.1) is 0 Å². The summed E-state index contributed by atoms with van der Waals surface area (Å²) in [6.07, 6.45) is 0. The summed E-state index contributed by atoms with van der Waals surface area (Å²) in [4.78, 5) is 16.7. The molecule has 0 radical (unpaired) electrons. The van der Waals surface area contributed by atoms with Crippen molar-refractivity contribution in [3.8, 4) is 5.75 Å². The molecule has 0 amide bonds. The summed E-state index contributed by atoms with van der Waals surface area (Å²) < 4.78 is 17.9. The van der Waals surface area contributed by atoms with Crippen LogP contribution in [0.4, 0.5) is 0 Å². The molecule has 0 unspecified atom stereocenters. The number of para-hydroxylation sites is 1. The van der Waals surface area contributed by atoms with Crippen molar-refractivity contribution in [3.63, 3.8) is 0 Å². The SMILES string of the molecule is Cc1cccc(C(=S=O)c2cccc(OCc3ccc4ccccc4n3)c2)c1C(=O)O. The topological polar surface area (TPSA) is 76.5 Å². The molecular weight excluding hydrogens is 410 g/mol. The Morgan fingerprint density at radius 3 is 2.61 bits per heavy atom. The van der Waals surface area contributed by atoms with Crippen LogP contribution in [0.25, 0.3) is 10.9 Å². The van der Waals surface area contributed by atoms with Crippen LogP contribution >= 0.6 is 0 Å². The minimum absolute atomic E-state index is 0.132. The van der Waals surface area contributed by atoms with Crippen LogP contribution in [0.1, 0.15) is 32.7 Å². The number of fused-ring (bicyclic) bond motifs is 1. The molecule has 6 heteroatoms. The number of pyridine rings is 1. The van der Waals surface area contributed by atoms with Gasteiger partial charge in [-0.3, -0.25) is 0 Å². The number of aromatic nitrogens is 1. The van der Waals surface area contributed by atoms with Crippen molar-refractivity contribution in [2.24, 2.45) is 0 Å². The average Bonchev–Trinajstić information content (AvgIpc) is 2.78. The second kappa shape index (κ2) is 8.93. The van der Waals surface area contributed by atoms with Gasteiger partial charge in [0.1, 0.15) is 12.4 Å². The number of carbonyl (C=O) groups is 1. The lowest BCUT2D eigenvalue weighted by atomic mass is 9.96. The van der Waals surface area contributed by atoms with Crippen molar-refractivity contribution in [2.45, 2.75) is 13.5 Å². The standard InChI is InChI=1S/C25H19NO4S/c1-16-6-4-10-21(23(16)25(27)28)24(31-29)18-8-5-9-20(14-18)30-15-19-13-12-17-7-2-3-11-22(17)26-19/h2-14H,15H2,1H3,(H,27,28). The van der Waals surface area contributed by atoms with E-state index in [1.54, 1.807) is 49.4 Å². The lowest BCUT2D eigenvalue weighted by Gasteiger charge is -2.12. The quantitative estimate of drug-likeness (QED) is 0.358. The van der Waals surface area contributed by atoms with Crippen LogP contribution in [0.2, 0.25) is 0 Å². The molecule has 0 fully saturated rings. The molecule has 0 spiro atoms. The first-order valence-corrected chi connectivity index (χ1v) is 10.4. The van der Waals surface area contributed by atoms with Gasteiger partial charge in [-0.2, -0.15) is 0 Å².